The fraction of sp³-hybridized carbons (Fsp3) is 0.294. The van der Waals surface area contributed by atoms with Crippen LogP contribution in [-0.4, -0.2) is 33.6 Å². The second kappa shape index (κ2) is 6.69. The fourth-order valence-corrected chi connectivity index (χ4v) is 2.51. The highest BCUT2D eigenvalue weighted by atomic mass is 19.4. The predicted molar refractivity (Wildman–Crippen MR) is 84.3 cm³/mol. The van der Waals surface area contributed by atoms with E-state index in [2.05, 4.69) is 5.10 Å². The van der Waals surface area contributed by atoms with Crippen molar-refractivity contribution in [3.63, 3.8) is 0 Å². The van der Waals surface area contributed by atoms with Crippen LogP contribution in [0.5, 0.6) is 5.75 Å². The van der Waals surface area contributed by atoms with E-state index in [9.17, 15) is 27.5 Å². The Morgan fingerprint density at radius 1 is 1.30 bits per heavy atom. The monoisotopic (exact) mass is 386 g/mol. The van der Waals surface area contributed by atoms with Gasteiger partial charge in [-0.2, -0.15) is 23.3 Å². The van der Waals surface area contributed by atoms with E-state index < -0.39 is 35.8 Å². The number of furan rings is 1. The molecule has 1 N–H and O–H groups in total. The second-order valence-corrected chi connectivity index (χ2v) is 5.95. The van der Waals surface area contributed by atoms with E-state index in [1.54, 1.807) is 0 Å². The molecule has 0 fully saturated rings. The fourth-order valence-electron chi connectivity index (χ4n) is 2.51. The van der Waals surface area contributed by atoms with Crippen molar-refractivity contribution in [3.05, 3.63) is 53.7 Å². The molecular formula is C17H14F4N2O4. The number of carbonyl (C=O) groups excluding carboxylic acids is 1. The van der Waals surface area contributed by atoms with E-state index in [0.717, 1.165) is 6.07 Å². The third kappa shape index (κ3) is 3.65. The molecule has 6 nitrogen and oxygen atoms in total. The van der Waals surface area contributed by atoms with Gasteiger partial charge < -0.3 is 14.3 Å². The average molecular weight is 386 g/mol. The minimum absolute atomic E-state index is 0.0220. The summed E-state index contributed by atoms with van der Waals surface area (Å²) in [6.45, 7) is 1.14. The second-order valence-electron chi connectivity index (χ2n) is 5.95. The predicted octanol–water partition coefficient (Wildman–Crippen LogP) is 3.47. The zero-order chi connectivity index (χ0) is 19.8. The van der Waals surface area contributed by atoms with E-state index in [-0.39, 0.29) is 23.1 Å². The number of alkyl halides is 3. The number of hydrogen-bond donors (Lipinski definition) is 1. The van der Waals surface area contributed by atoms with E-state index >= 15 is 0 Å². The highest BCUT2D eigenvalue weighted by Gasteiger charge is 2.63. The van der Waals surface area contributed by atoms with Crippen LogP contribution in [0.4, 0.5) is 17.6 Å². The molecule has 144 valence electrons. The molecular weight excluding hydrogens is 372 g/mol. The van der Waals surface area contributed by atoms with Crippen molar-refractivity contribution in [2.75, 3.05) is 0 Å². The lowest BCUT2D eigenvalue weighted by atomic mass is 10.1. The van der Waals surface area contributed by atoms with Crippen molar-refractivity contribution in [2.45, 2.75) is 31.9 Å². The molecule has 0 bridgehead atoms. The van der Waals surface area contributed by atoms with Crippen LogP contribution in [0.15, 0.2) is 45.9 Å². The van der Waals surface area contributed by atoms with Gasteiger partial charge in [0.25, 0.3) is 5.72 Å². The number of halogens is 4. The van der Waals surface area contributed by atoms with Crippen LogP contribution in [0.3, 0.4) is 0 Å². The molecule has 0 spiro atoms. The summed E-state index contributed by atoms with van der Waals surface area (Å²) in [6, 6.07) is 7.66. The Morgan fingerprint density at radius 2 is 1.96 bits per heavy atom. The molecule has 0 aliphatic carbocycles. The topological polar surface area (TPSA) is 75.3 Å². The van der Waals surface area contributed by atoms with Crippen molar-refractivity contribution in [2.24, 2.45) is 5.10 Å². The number of nitrogens with zero attached hydrogens (tertiary/aromatic N) is 2. The Morgan fingerprint density at radius 3 is 2.59 bits per heavy atom. The maximum Gasteiger partial charge on any atom is 0.438 e. The van der Waals surface area contributed by atoms with Gasteiger partial charge in [0, 0.05) is 12.1 Å². The number of hydrogen-bond acceptors (Lipinski definition) is 5. The summed E-state index contributed by atoms with van der Waals surface area (Å²) >= 11 is 0. The van der Waals surface area contributed by atoms with Crippen molar-refractivity contribution in [1.82, 2.24) is 5.01 Å². The minimum atomic E-state index is -5.09. The summed E-state index contributed by atoms with van der Waals surface area (Å²) in [4.78, 5) is 12.4. The van der Waals surface area contributed by atoms with Gasteiger partial charge in [-0.25, -0.2) is 4.39 Å². The van der Waals surface area contributed by atoms with Gasteiger partial charge >= 0.3 is 12.1 Å². The Labute approximate surface area is 150 Å². The van der Waals surface area contributed by atoms with Crippen LogP contribution in [0, 0.1) is 5.82 Å². The summed E-state index contributed by atoms with van der Waals surface area (Å²) in [6.07, 6.45) is -5.94. The molecule has 10 heteroatoms. The maximum absolute atomic E-state index is 13.2. The highest BCUT2D eigenvalue weighted by Crippen LogP contribution is 2.40. The Hall–Kier alpha value is -2.88. The van der Waals surface area contributed by atoms with Crippen molar-refractivity contribution >= 4 is 11.6 Å². The van der Waals surface area contributed by atoms with E-state index in [4.69, 9.17) is 9.15 Å². The third-order valence-electron chi connectivity index (χ3n) is 3.84. The standard InChI is InChI=1S/C17H14F4N2O4/c1-10-8-16(25,17(19,20)21)23(22-10)15(24)14-7-6-13(27-14)9-26-12-4-2-11(18)3-5-12/h2-7,25H,8-9H2,1H3/t16-/m1/s1. The number of amides is 1. The normalized spacial score (nSPS) is 19.9. The van der Waals surface area contributed by atoms with Crippen LogP contribution in [-0.2, 0) is 6.61 Å². The van der Waals surface area contributed by atoms with Crippen molar-refractivity contribution in [3.8, 4) is 5.75 Å². The average Bonchev–Trinajstić information content (AvgIpc) is 3.18. The van der Waals surface area contributed by atoms with E-state index in [1.807, 2.05) is 0 Å². The minimum Gasteiger partial charge on any atom is -0.486 e. The number of ether oxygens (including phenoxy) is 1. The Balaban J connectivity index is 1.73. The highest BCUT2D eigenvalue weighted by molar-refractivity contribution is 5.96. The summed E-state index contributed by atoms with van der Waals surface area (Å²) in [7, 11) is 0. The zero-order valence-corrected chi connectivity index (χ0v) is 14.0. The van der Waals surface area contributed by atoms with Gasteiger partial charge in [0.05, 0.1) is 0 Å². The van der Waals surface area contributed by atoms with Gasteiger partial charge in [0.2, 0.25) is 0 Å². The molecule has 0 saturated carbocycles. The number of aliphatic hydroxyl groups is 1. The summed E-state index contributed by atoms with van der Waals surface area (Å²) in [5, 5.41) is 13.4. The lowest BCUT2D eigenvalue weighted by Gasteiger charge is -2.32. The molecule has 1 aliphatic rings. The number of hydrazone groups is 1. The number of carbonyl (C=O) groups is 1. The van der Waals surface area contributed by atoms with Crippen LogP contribution in [0.25, 0.3) is 0 Å². The first-order valence-corrected chi connectivity index (χ1v) is 7.75. The molecule has 2 heterocycles. The van der Waals surface area contributed by atoms with Gasteiger partial charge in [-0.05, 0) is 43.3 Å². The molecule has 2 aromatic rings. The largest absolute Gasteiger partial charge is 0.486 e. The third-order valence-corrected chi connectivity index (χ3v) is 3.84. The molecule has 1 aromatic carbocycles. The molecule has 1 atom stereocenters. The van der Waals surface area contributed by atoms with Gasteiger partial charge in [-0.3, -0.25) is 4.79 Å². The van der Waals surface area contributed by atoms with Crippen LogP contribution >= 0.6 is 0 Å². The summed E-state index contributed by atoms with van der Waals surface area (Å²) < 4.78 is 63.0. The summed E-state index contributed by atoms with van der Waals surface area (Å²) in [5.41, 5.74) is -3.47. The molecule has 1 aromatic heterocycles. The van der Waals surface area contributed by atoms with E-state index in [0.29, 0.717) is 5.75 Å². The SMILES string of the molecule is CC1=NN(C(=O)c2ccc(COc3ccc(F)cc3)o2)[C@](O)(C(F)(F)F)C1. The van der Waals surface area contributed by atoms with Gasteiger partial charge in [-0.15, -0.1) is 0 Å². The van der Waals surface area contributed by atoms with Crippen molar-refractivity contribution in [1.29, 1.82) is 0 Å². The molecule has 3 rings (SSSR count). The molecule has 1 aliphatic heterocycles. The van der Waals surface area contributed by atoms with Crippen molar-refractivity contribution < 1.29 is 36.6 Å². The Kier molecular flexibility index (Phi) is 4.68. The molecule has 0 radical (unpaired) electrons. The molecule has 1 amide bonds. The molecule has 27 heavy (non-hydrogen) atoms. The van der Waals surface area contributed by atoms with E-state index in [1.165, 1.54) is 37.3 Å². The molecule has 0 unspecified atom stereocenters. The van der Waals surface area contributed by atoms with Crippen LogP contribution in [0.2, 0.25) is 0 Å². The van der Waals surface area contributed by atoms with Gasteiger partial charge in [0.1, 0.15) is 23.9 Å². The quantitative estimate of drug-likeness (QED) is 0.817. The lowest BCUT2D eigenvalue weighted by molar-refractivity contribution is -0.297. The first kappa shape index (κ1) is 18.9. The lowest BCUT2D eigenvalue weighted by Crippen LogP contribution is -2.56. The first-order valence-electron chi connectivity index (χ1n) is 7.75. The van der Waals surface area contributed by atoms with Gasteiger partial charge in [-0.1, -0.05) is 0 Å². The van der Waals surface area contributed by atoms with Gasteiger partial charge in [0.15, 0.2) is 5.76 Å². The molecule has 0 saturated heterocycles. The number of rotatable bonds is 4. The Bertz CT molecular complexity index is 876. The smallest absolute Gasteiger partial charge is 0.438 e. The summed E-state index contributed by atoms with van der Waals surface area (Å²) in [5.74, 6) is -1.62. The maximum atomic E-state index is 13.2. The zero-order valence-electron chi connectivity index (χ0n) is 14.0. The first-order chi connectivity index (χ1) is 12.6. The van der Waals surface area contributed by atoms with Crippen LogP contribution in [0.1, 0.15) is 29.7 Å². The van der Waals surface area contributed by atoms with Crippen LogP contribution < -0.4 is 4.74 Å². The number of benzene rings is 1.